The highest BCUT2D eigenvalue weighted by molar-refractivity contribution is 9.09. The maximum absolute atomic E-state index is 5.55. The van der Waals surface area contributed by atoms with Gasteiger partial charge < -0.3 is 4.74 Å². The molecule has 0 aliphatic carbocycles. The van der Waals surface area contributed by atoms with Crippen LogP contribution in [0.1, 0.15) is 103 Å². The van der Waals surface area contributed by atoms with Gasteiger partial charge >= 0.3 is 0 Å². The van der Waals surface area contributed by atoms with Gasteiger partial charge in [-0.1, -0.05) is 106 Å². The van der Waals surface area contributed by atoms with Gasteiger partial charge in [-0.3, -0.25) is 0 Å². The zero-order valence-electron chi connectivity index (χ0n) is 14.5. The summed E-state index contributed by atoms with van der Waals surface area (Å²) in [6.07, 6.45) is 21.0. The fraction of sp³-hybridized carbons (Fsp3) is 1.00. The van der Waals surface area contributed by atoms with E-state index >= 15 is 0 Å². The van der Waals surface area contributed by atoms with Gasteiger partial charge in [-0.15, -0.1) is 0 Å². The van der Waals surface area contributed by atoms with Crippen LogP contribution in [0.3, 0.4) is 0 Å². The van der Waals surface area contributed by atoms with Crippen LogP contribution in [-0.4, -0.2) is 18.5 Å². The van der Waals surface area contributed by atoms with Gasteiger partial charge in [0, 0.05) is 18.5 Å². The minimum atomic E-state index is 0.920. The molecular weight excluding hydrogens is 324 g/mol. The molecule has 0 atom stereocenters. The van der Waals surface area contributed by atoms with Crippen molar-refractivity contribution in [3.63, 3.8) is 0 Å². The SMILES string of the molecule is CCCCCCCCCCCCCCCCOCCCBr. The molecule has 2 heteroatoms. The number of ether oxygens (including phenoxy) is 1. The zero-order chi connectivity index (χ0) is 15.4. The lowest BCUT2D eigenvalue weighted by Crippen LogP contribution is -1.97. The molecule has 0 aromatic rings. The standard InChI is InChI=1S/C19H39BrO/c1-2-3-4-5-6-7-8-9-10-11-12-13-14-15-18-21-19-16-17-20/h2-19H2,1H3. The van der Waals surface area contributed by atoms with Crippen LogP contribution in [0.25, 0.3) is 0 Å². The van der Waals surface area contributed by atoms with Crippen LogP contribution >= 0.6 is 15.9 Å². The molecule has 0 aliphatic heterocycles. The first-order valence-corrected chi connectivity index (χ1v) is 10.7. The molecule has 0 unspecified atom stereocenters. The molecule has 0 N–H and O–H groups in total. The molecule has 0 rings (SSSR count). The number of halogens is 1. The number of alkyl halides is 1. The molecule has 1 nitrogen and oxygen atoms in total. The molecule has 0 fully saturated rings. The van der Waals surface area contributed by atoms with Crippen LogP contribution in [0.4, 0.5) is 0 Å². The Morgan fingerprint density at radius 2 is 0.905 bits per heavy atom. The maximum Gasteiger partial charge on any atom is 0.0474 e. The van der Waals surface area contributed by atoms with E-state index in [2.05, 4.69) is 22.9 Å². The first-order valence-electron chi connectivity index (χ1n) is 9.55. The summed E-state index contributed by atoms with van der Waals surface area (Å²) in [5.41, 5.74) is 0. The fourth-order valence-electron chi connectivity index (χ4n) is 2.66. The van der Waals surface area contributed by atoms with Gasteiger partial charge in [-0.25, -0.2) is 0 Å². The van der Waals surface area contributed by atoms with Crippen LogP contribution in [0, 0.1) is 0 Å². The summed E-state index contributed by atoms with van der Waals surface area (Å²) in [6, 6.07) is 0. The van der Waals surface area contributed by atoms with Crippen molar-refractivity contribution in [2.75, 3.05) is 18.5 Å². The normalized spacial score (nSPS) is 11.1. The lowest BCUT2D eigenvalue weighted by Gasteiger charge is -2.04. The van der Waals surface area contributed by atoms with Crippen LogP contribution in [0.5, 0.6) is 0 Å². The summed E-state index contributed by atoms with van der Waals surface area (Å²) < 4.78 is 5.55. The predicted molar refractivity (Wildman–Crippen MR) is 99.5 cm³/mol. The lowest BCUT2D eigenvalue weighted by molar-refractivity contribution is 0.131. The number of unbranched alkanes of at least 4 members (excludes halogenated alkanes) is 13. The summed E-state index contributed by atoms with van der Waals surface area (Å²) in [7, 11) is 0. The van der Waals surface area contributed by atoms with Crippen molar-refractivity contribution in [2.45, 2.75) is 103 Å². The van der Waals surface area contributed by atoms with E-state index in [1.165, 1.54) is 89.9 Å². The molecule has 0 bridgehead atoms. The summed E-state index contributed by atoms with van der Waals surface area (Å²) >= 11 is 3.42. The van der Waals surface area contributed by atoms with E-state index < -0.39 is 0 Å². The van der Waals surface area contributed by atoms with Crippen LogP contribution in [-0.2, 0) is 4.74 Å². The average molecular weight is 363 g/mol. The van der Waals surface area contributed by atoms with E-state index in [-0.39, 0.29) is 0 Å². The van der Waals surface area contributed by atoms with E-state index in [0.29, 0.717) is 0 Å². The Labute approximate surface area is 142 Å². The molecule has 21 heavy (non-hydrogen) atoms. The van der Waals surface area contributed by atoms with E-state index in [1.807, 2.05) is 0 Å². The third-order valence-electron chi connectivity index (χ3n) is 4.06. The number of hydrogen-bond acceptors (Lipinski definition) is 1. The summed E-state index contributed by atoms with van der Waals surface area (Å²) in [6.45, 7) is 4.17. The third kappa shape index (κ3) is 20.4. The van der Waals surface area contributed by atoms with E-state index in [0.717, 1.165) is 25.0 Å². The van der Waals surface area contributed by atoms with Gasteiger partial charge in [-0.2, -0.15) is 0 Å². The molecule has 0 amide bonds. The highest BCUT2D eigenvalue weighted by Crippen LogP contribution is 2.12. The van der Waals surface area contributed by atoms with Gasteiger partial charge in [0.25, 0.3) is 0 Å². The molecule has 0 aromatic heterocycles. The first kappa shape index (κ1) is 21.4. The molecule has 0 radical (unpaired) electrons. The van der Waals surface area contributed by atoms with Gasteiger partial charge in [0.1, 0.15) is 0 Å². The van der Waals surface area contributed by atoms with Crippen molar-refractivity contribution in [3.8, 4) is 0 Å². The Balaban J connectivity index is 2.90. The largest absolute Gasteiger partial charge is 0.381 e. The predicted octanol–water partition coefficient (Wildman–Crippen LogP) is 7.27. The lowest BCUT2D eigenvalue weighted by atomic mass is 10.0. The van der Waals surface area contributed by atoms with E-state index in [1.54, 1.807) is 0 Å². The second-order valence-electron chi connectivity index (χ2n) is 6.25. The van der Waals surface area contributed by atoms with Crippen molar-refractivity contribution < 1.29 is 4.74 Å². The first-order chi connectivity index (χ1) is 10.4. The van der Waals surface area contributed by atoms with Crippen molar-refractivity contribution in [2.24, 2.45) is 0 Å². The maximum atomic E-state index is 5.55. The number of rotatable bonds is 18. The molecular formula is C19H39BrO. The molecule has 0 aliphatic rings. The molecule has 0 heterocycles. The fourth-order valence-corrected chi connectivity index (χ4v) is 2.89. The second-order valence-corrected chi connectivity index (χ2v) is 7.04. The third-order valence-corrected chi connectivity index (χ3v) is 4.63. The Bertz CT molecular complexity index is 155. The second kappa shape index (κ2) is 20.4. The molecule has 0 saturated heterocycles. The number of hydrogen-bond donors (Lipinski definition) is 0. The quantitative estimate of drug-likeness (QED) is 0.184. The monoisotopic (exact) mass is 362 g/mol. The van der Waals surface area contributed by atoms with Gasteiger partial charge in [0.15, 0.2) is 0 Å². The minimum absolute atomic E-state index is 0.920. The van der Waals surface area contributed by atoms with Crippen molar-refractivity contribution in [1.82, 2.24) is 0 Å². The molecule has 0 aromatic carbocycles. The Kier molecular flexibility index (Phi) is 20.9. The Hall–Kier alpha value is 0.440. The van der Waals surface area contributed by atoms with Gasteiger partial charge in [0.2, 0.25) is 0 Å². The van der Waals surface area contributed by atoms with E-state index in [9.17, 15) is 0 Å². The van der Waals surface area contributed by atoms with Gasteiger partial charge in [0.05, 0.1) is 0 Å². The minimum Gasteiger partial charge on any atom is -0.381 e. The zero-order valence-corrected chi connectivity index (χ0v) is 16.1. The Morgan fingerprint density at radius 1 is 0.524 bits per heavy atom. The summed E-state index contributed by atoms with van der Waals surface area (Å²) in [5, 5.41) is 1.06. The molecule has 0 spiro atoms. The molecule has 128 valence electrons. The highest BCUT2D eigenvalue weighted by atomic mass is 79.9. The topological polar surface area (TPSA) is 9.23 Å². The van der Waals surface area contributed by atoms with Crippen molar-refractivity contribution >= 4 is 15.9 Å². The van der Waals surface area contributed by atoms with Gasteiger partial charge in [-0.05, 0) is 12.8 Å². The average Bonchev–Trinajstić information content (AvgIpc) is 2.50. The van der Waals surface area contributed by atoms with Crippen LogP contribution in [0.15, 0.2) is 0 Å². The van der Waals surface area contributed by atoms with Crippen LogP contribution in [0.2, 0.25) is 0 Å². The smallest absolute Gasteiger partial charge is 0.0474 e. The highest BCUT2D eigenvalue weighted by Gasteiger charge is 1.94. The molecule has 0 saturated carbocycles. The summed E-state index contributed by atoms with van der Waals surface area (Å²) in [4.78, 5) is 0. The van der Waals surface area contributed by atoms with Crippen LogP contribution < -0.4 is 0 Å². The van der Waals surface area contributed by atoms with E-state index in [4.69, 9.17) is 4.74 Å². The Morgan fingerprint density at radius 3 is 1.33 bits per heavy atom. The van der Waals surface area contributed by atoms with Crippen molar-refractivity contribution in [3.05, 3.63) is 0 Å². The van der Waals surface area contributed by atoms with Crippen molar-refractivity contribution in [1.29, 1.82) is 0 Å². The summed E-state index contributed by atoms with van der Waals surface area (Å²) in [5.74, 6) is 0.